The molecule has 0 aromatic heterocycles. The molecule has 3 aromatic rings. The van der Waals surface area contributed by atoms with E-state index in [9.17, 15) is 9.18 Å². The number of halogens is 3. The quantitative estimate of drug-likeness (QED) is 0.517. The summed E-state index contributed by atoms with van der Waals surface area (Å²) in [6, 6.07) is 13.1. The number of carbonyl (C=O) groups excluding carboxylic acids is 1. The minimum Gasteiger partial charge on any atom is -0.488 e. The summed E-state index contributed by atoms with van der Waals surface area (Å²) in [4.78, 5) is 12.2. The Balaban J connectivity index is 2.01. The number of nitrogens with two attached hydrogens (primary N) is 1. The van der Waals surface area contributed by atoms with Crippen molar-refractivity contribution in [1.29, 1.82) is 0 Å². The summed E-state index contributed by atoms with van der Waals surface area (Å²) in [6.45, 7) is 3.20. The van der Waals surface area contributed by atoms with E-state index < -0.39 is 29.1 Å². The summed E-state index contributed by atoms with van der Waals surface area (Å²) in [6.07, 6.45) is 0. The Morgan fingerprint density at radius 1 is 1.21 bits per heavy atom. The molecule has 0 aliphatic carbocycles. The Morgan fingerprint density at radius 2 is 1.91 bits per heavy atom. The SMILES string of the molecule is C[C@H]1c2c(cc(F)c(Cl)c2-c2c(C(N)=O)ccc(OCCO)c2F)OC1(C)c1ccccc1. The van der Waals surface area contributed by atoms with Crippen LogP contribution in [0.3, 0.4) is 0 Å². The molecule has 0 bridgehead atoms. The molecule has 1 heterocycles. The van der Waals surface area contributed by atoms with Crippen molar-refractivity contribution in [3.05, 3.63) is 81.9 Å². The molecule has 0 saturated carbocycles. The third kappa shape index (κ3) is 3.71. The minimum atomic E-state index is -0.935. The lowest BCUT2D eigenvalue weighted by Gasteiger charge is -2.29. The van der Waals surface area contributed by atoms with E-state index in [0.717, 1.165) is 5.56 Å². The molecule has 0 saturated heterocycles. The van der Waals surface area contributed by atoms with E-state index in [0.29, 0.717) is 5.56 Å². The van der Waals surface area contributed by atoms with Gasteiger partial charge in [-0.05, 0) is 24.6 Å². The van der Waals surface area contributed by atoms with Gasteiger partial charge in [0.1, 0.15) is 23.8 Å². The number of aliphatic hydroxyl groups excluding tert-OH is 1. The highest BCUT2D eigenvalue weighted by Gasteiger charge is 2.46. The van der Waals surface area contributed by atoms with Gasteiger partial charge in [0, 0.05) is 28.7 Å². The Hall–Kier alpha value is -3.16. The van der Waals surface area contributed by atoms with Gasteiger partial charge in [0.25, 0.3) is 0 Å². The first-order valence-corrected chi connectivity index (χ1v) is 10.7. The zero-order valence-corrected chi connectivity index (χ0v) is 18.7. The molecule has 1 unspecified atom stereocenters. The van der Waals surface area contributed by atoms with Crippen molar-refractivity contribution in [3.63, 3.8) is 0 Å². The summed E-state index contributed by atoms with van der Waals surface area (Å²) >= 11 is 6.39. The van der Waals surface area contributed by atoms with Crippen LogP contribution >= 0.6 is 11.6 Å². The molecule has 1 aliphatic heterocycles. The van der Waals surface area contributed by atoms with E-state index in [1.54, 1.807) is 0 Å². The van der Waals surface area contributed by atoms with E-state index in [1.165, 1.54) is 18.2 Å². The minimum absolute atomic E-state index is 0.0143. The monoisotopic (exact) mass is 473 g/mol. The Bertz CT molecular complexity index is 1240. The summed E-state index contributed by atoms with van der Waals surface area (Å²) in [5, 5.41) is 8.69. The number of amides is 1. The predicted octanol–water partition coefficient (Wildman–Crippen LogP) is 5.17. The van der Waals surface area contributed by atoms with Crippen LogP contribution in [0.2, 0.25) is 5.02 Å². The van der Waals surface area contributed by atoms with E-state index in [4.69, 9.17) is 31.9 Å². The number of fused-ring (bicyclic) bond motifs is 1. The lowest BCUT2D eigenvalue weighted by atomic mass is 9.78. The molecule has 3 N–H and O–H groups in total. The van der Waals surface area contributed by atoms with E-state index in [-0.39, 0.29) is 46.4 Å². The molecule has 1 amide bonds. The standard InChI is InChI=1S/C25H22ClF2NO4/c1-13-19-18(33-25(13,2)14-6-4-3-5-7-14)12-16(27)22(26)21(19)20-15(24(29)31)8-9-17(23(20)28)32-11-10-30/h3-9,12-13,30H,10-11H2,1-2H3,(H2,29,31)/t13-,25?/m0/s1. The van der Waals surface area contributed by atoms with Crippen molar-refractivity contribution in [3.8, 4) is 22.6 Å². The molecule has 3 aromatic carbocycles. The van der Waals surface area contributed by atoms with E-state index in [1.807, 2.05) is 44.2 Å². The van der Waals surface area contributed by atoms with Crippen molar-refractivity contribution >= 4 is 17.5 Å². The van der Waals surface area contributed by atoms with Crippen molar-refractivity contribution in [1.82, 2.24) is 0 Å². The number of primary amides is 1. The van der Waals surface area contributed by atoms with Crippen LogP contribution in [0.15, 0.2) is 48.5 Å². The van der Waals surface area contributed by atoms with Crippen LogP contribution in [-0.2, 0) is 5.60 Å². The second-order valence-electron chi connectivity index (χ2n) is 7.99. The zero-order valence-electron chi connectivity index (χ0n) is 18.0. The van der Waals surface area contributed by atoms with Gasteiger partial charge in [0.15, 0.2) is 11.6 Å². The van der Waals surface area contributed by atoms with Gasteiger partial charge in [-0.1, -0.05) is 48.9 Å². The smallest absolute Gasteiger partial charge is 0.249 e. The van der Waals surface area contributed by atoms with Crippen molar-refractivity contribution in [2.24, 2.45) is 5.73 Å². The number of hydrogen-bond donors (Lipinski definition) is 2. The van der Waals surface area contributed by atoms with Crippen LogP contribution in [-0.4, -0.2) is 24.2 Å². The van der Waals surface area contributed by atoms with Crippen LogP contribution in [0.5, 0.6) is 11.5 Å². The molecule has 172 valence electrons. The Kier molecular flexibility index (Phi) is 6.03. The van der Waals surface area contributed by atoms with Crippen LogP contribution in [0, 0.1) is 11.6 Å². The summed E-state index contributed by atoms with van der Waals surface area (Å²) in [5.74, 6) is -3.10. The van der Waals surface area contributed by atoms with E-state index >= 15 is 4.39 Å². The first-order chi connectivity index (χ1) is 15.7. The maximum atomic E-state index is 15.7. The molecule has 2 atom stereocenters. The lowest BCUT2D eigenvalue weighted by molar-refractivity contribution is 0.0922. The number of rotatable bonds is 6. The highest BCUT2D eigenvalue weighted by atomic mass is 35.5. The second-order valence-corrected chi connectivity index (χ2v) is 8.37. The van der Waals surface area contributed by atoms with Gasteiger partial charge < -0.3 is 20.3 Å². The molecule has 1 aliphatic rings. The molecular weight excluding hydrogens is 452 g/mol. The fourth-order valence-electron chi connectivity index (χ4n) is 4.32. The average molecular weight is 474 g/mol. The van der Waals surface area contributed by atoms with Crippen LogP contribution < -0.4 is 15.2 Å². The molecule has 0 radical (unpaired) electrons. The number of carbonyl (C=O) groups is 1. The van der Waals surface area contributed by atoms with Crippen LogP contribution in [0.4, 0.5) is 8.78 Å². The molecule has 0 spiro atoms. The normalized spacial score (nSPS) is 19.2. The number of benzene rings is 3. The average Bonchev–Trinajstić information content (AvgIpc) is 3.05. The summed E-state index contributed by atoms with van der Waals surface area (Å²) in [7, 11) is 0. The molecule has 5 nitrogen and oxygen atoms in total. The number of ether oxygens (including phenoxy) is 2. The number of aliphatic hydroxyl groups is 1. The van der Waals surface area contributed by atoms with Crippen molar-refractivity contribution < 1.29 is 28.2 Å². The van der Waals surface area contributed by atoms with Gasteiger partial charge in [0.05, 0.1) is 17.2 Å². The van der Waals surface area contributed by atoms with Crippen LogP contribution in [0.1, 0.15) is 41.3 Å². The number of hydrogen-bond acceptors (Lipinski definition) is 4. The largest absolute Gasteiger partial charge is 0.488 e. The predicted molar refractivity (Wildman–Crippen MR) is 121 cm³/mol. The molecular formula is C25H22ClF2NO4. The lowest BCUT2D eigenvalue weighted by Crippen LogP contribution is -2.30. The summed E-state index contributed by atoms with van der Waals surface area (Å²) < 4.78 is 42.1. The maximum Gasteiger partial charge on any atom is 0.249 e. The zero-order chi connectivity index (χ0) is 23.9. The highest BCUT2D eigenvalue weighted by Crippen LogP contribution is 2.56. The second kappa shape index (κ2) is 8.65. The molecule has 8 heteroatoms. The van der Waals surface area contributed by atoms with Gasteiger partial charge in [-0.25, -0.2) is 8.78 Å². The van der Waals surface area contributed by atoms with Crippen molar-refractivity contribution in [2.45, 2.75) is 25.4 Å². The first-order valence-electron chi connectivity index (χ1n) is 10.3. The van der Waals surface area contributed by atoms with E-state index in [2.05, 4.69) is 0 Å². The Labute approximate surface area is 194 Å². The van der Waals surface area contributed by atoms with Crippen LogP contribution in [0.25, 0.3) is 11.1 Å². The maximum absolute atomic E-state index is 15.7. The fraction of sp³-hybridized carbons (Fsp3) is 0.240. The fourth-order valence-corrected chi connectivity index (χ4v) is 4.57. The van der Waals surface area contributed by atoms with Crippen molar-refractivity contribution in [2.75, 3.05) is 13.2 Å². The van der Waals surface area contributed by atoms with Gasteiger partial charge in [0.2, 0.25) is 5.91 Å². The third-order valence-corrected chi connectivity index (χ3v) is 6.49. The summed E-state index contributed by atoms with van der Waals surface area (Å²) in [5.41, 5.74) is 5.45. The molecule has 4 rings (SSSR count). The van der Waals surface area contributed by atoms with Gasteiger partial charge in [-0.2, -0.15) is 0 Å². The Morgan fingerprint density at radius 3 is 2.55 bits per heavy atom. The molecule has 0 fully saturated rings. The van der Waals surface area contributed by atoms with Gasteiger partial charge in [-0.3, -0.25) is 4.79 Å². The van der Waals surface area contributed by atoms with Gasteiger partial charge >= 0.3 is 0 Å². The first kappa shape index (κ1) is 23.0. The highest BCUT2D eigenvalue weighted by molar-refractivity contribution is 6.34. The topological polar surface area (TPSA) is 81.8 Å². The molecule has 33 heavy (non-hydrogen) atoms. The van der Waals surface area contributed by atoms with Gasteiger partial charge in [-0.15, -0.1) is 0 Å². The third-order valence-electron chi connectivity index (χ3n) is 6.12.